The third-order valence-electron chi connectivity index (χ3n) is 2.12. The molecule has 0 aromatic heterocycles. The summed E-state index contributed by atoms with van der Waals surface area (Å²) in [7, 11) is -4.14. The van der Waals surface area contributed by atoms with Crippen LogP contribution in [-0.4, -0.2) is 56.9 Å². The van der Waals surface area contributed by atoms with Gasteiger partial charge < -0.3 is 9.47 Å². The van der Waals surface area contributed by atoms with Crippen molar-refractivity contribution < 1.29 is 27.5 Å². The lowest BCUT2D eigenvalue weighted by Gasteiger charge is -2.30. The zero-order valence-corrected chi connectivity index (χ0v) is 11.3. The molecule has 0 bridgehead atoms. The van der Waals surface area contributed by atoms with Crippen LogP contribution in [0.1, 0.15) is 13.8 Å². The first-order valence-electron chi connectivity index (χ1n) is 5.51. The Balaban J connectivity index is 2.79. The standard InChI is InChI=1S/C9H15N3O6S/c1-7(2)18-9(14)11-19(15,16)12-3-4-17-5-8(12)10-6-13/h7-8H,3-5H2,1-2H3,(H,11,14). The quantitative estimate of drug-likeness (QED) is 0.544. The van der Waals surface area contributed by atoms with Gasteiger partial charge in [-0.1, -0.05) is 0 Å². The lowest BCUT2D eigenvalue weighted by Crippen LogP contribution is -2.53. The third kappa shape index (κ3) is 4.60. The Morgan fingerprint density at radius 3 is 2.84 bits per heavy atom. The second kappa shape index (κ2) is 6.62. The van der Waals surface area contributed by atoms with Gasteiger partial charge in [-0.2, -0.15) is 17.7 Å². The molecule has 10 heteroatoms. The van der Waals surface area contributed by atoms with Crippen LogP contribution in [0.4, 0.5) is 4.79 Å². The fraction of sp³-hybridized carbons (Fsp3) is 0.778. The Hall–Kier alpha value is -1.48. The number of amides is 1. The second-order valence-corrected chi connectivity index (χ2v) is 5.57. The van der Waals surface area contributed by atoms with Crippen molar-refractivity contribution in [3.63, 3.8) is 0 Å². The SMILES string of the molecule is CC(C)OC(=O)NS(=O)(=O)N1CCOCC1N=C=O. The Kier molecular flexibility index (Phi) is 5.43. The zero-order chi connectivity index (χ0) is 14.5. The van der Waals surface area contributed by atoms with E-state index in [4.69, 9.17) is 4.74 Å². The monoisotopic (exact) mass is 293 g/mol. The molecule has 0 aromatic carbocycles. The van der Waals surface area contributed by atoms with E-state index >= 15 is 0 Å². The van der Waals surface area contributed by atoms with Gasteiger partial charge in [-0.25, -0.2) is 14.3 Å². The number of carbonyl (C=O) groups excluding carboxylic acids is 2. The molecule has 1 atom stereocenters. The smallest absolute Gasteiger partial charge is 0.422 e. The van der Waals surface area contributed by atoms with Crippen molar-refractivity contribution in [2.24, 2.45) is 4.99 Å². The number of carbonyl (C=O) groups is 1. The number of ether oxygens (including phenoxy) is 2. The Morgan fingerprint density at radius 1 is 1.58 bits per heavy atom. The molecule has 1 unspecified atom stereocenters. The summed E-state index contributed by atoms with van der Waals surface area (Å²) >= 11 is 0. The number of isocyanates is 1. The Bertz CT molecular complexity index is 470. The normalized spacial score (nSPS) is 20.7. The highest BCUT2D eigenvalue weighted by molar-refractivity contribution is 7.87. The maximum Gasteiger partial charge on any atom is 0.422 e. The number of hydrogen-bond donors (Lipinski definition) is 1. The first kappa shape index (κ1) is 15.6. The summed E-state index contributed by atoms with van der Waals surface area (Å²) in [5.74, 6) is 0. The molecule has 0 aromatic rings. The maximum absolute atomic E-state index is 11.9. The van der Waals surface area contributed by atoms with E-state index in [0.29, 0.717) is 0 Å². The second-order valence-electron chi connectivity index (χ2n) is 3.95. The summed E-state index contributed by atoms with van der Waals surface area (Å²) in [6, 6.07) is 0. The molecule has 0 saturated carbocycles. The molecule has 0 aliphatic carbocycles. The highest BCUT2D eigenvalue weighted by Crippen LogP contribution is 2.12. The van der Waals surface area contributed by atoms with Crippen molar-refractivity contribution >= 4 is 22.4 Å². The van der Waals surface area contributed by atoms with E-state index in [-0.39, 0.29) is 19.8 Å². The first-order chi connectivity index (χ1) is 8.86. The van der Waals surface area contributed by atoms with E-state index in [1.54, 1.807) is 18.6 Å². The molecule has 1 aliphatic rings. The van der Waals surface area contributed by atoms with Gasteiger partial charge in [-0.15, -0.1) is 0 Å². The van der Waals surface area contributed by atoms with Gasteiger partial charge in [-0.05, 0) is 13.8 Å². The van der Waals surface area contributed by atoms with Gasteiger partial charge in [0.25, 0.3) is 0 Å². The summed E-state index contributed by atoms with van der Waals surface area (Å²) in [6.07, 6.45) is -1.30. The van der Waals surface area contributed by atoms with Crippen LogP contribution in [0.15, 0.2) is 4.99 Å². The van der Waals surface area contributed by atoms with Gasteiger partial charge in [0.05, 0.1) is 19.3 Å². The van der Waals surface area contributed by atoms with Crippen LogP contribution in [0.5, 0.6) is 0 Å². The van der Waals surface area contributed by atoms with E-state index < -0.39 is 28.6 Å². The van der Waals surface area contributed by atoms with Gasteiger partial charge in [0.15, 0.2) is 6.17 Å². The van der Waals surface area contributed by atoms with E-state index in [1.807, 2.05) is 0 Å². The molecule has 1 aliphatic heterocycles. The number of nitrogens with one attached hydrogen (secondary N) is 1. The molecule has 0 radical (unpaired) electrons. The number of rotatable bonds is 4. The van der Waals surface area contributed by atoms with E-state index in [9.17, 15) is 18.0 Å². The molecule has 1 saturated heterocycles. The molecular weight excluding hydrogens is 278 g/mol. The lowest BCUT2D eigenvalue weighted by atomic mass is 10.4. The van der Waals surface area contributed by atoms with Crippen LogP contribution in [-0.2, 0) is 24.5 Å². The number of nitrogens with zero attached hydrogens (tertiary/aromatic N) is 2. The average Bonchev–Trinajstić information content (AvgIpc) is 2.27. The number of morpholine rings is 1. The van der Waals surface area contributed by atoms with Crippen molar-refractivity contribution in [3.8, 4) is 0 Å². The van der Waals surface area contributed by atoms with Gasteiger partial charge in [0.1, 0.15) is 0 Å². The predicted molar refractivity (Wildman–Crippen MR) is 63.1 cm³/mol. The average molecular weight is 293 g/mol. The number of hydrogen-bond acceptors (Lipinski definition) is 7. The first-order valence-corrected chi connectivity index (χ1v) is 6.95. The highest BCUT2D eigenvalue weighted by atomic mass is 32.2. The molecule has 1 amide bonds. The van der Waals surface area contributed by atoms with Crippen LogP contribution >= 0.6 is 0 Å². The highest BCUT2D eigenvalue weighted by Gasteiger charge is 2.34. The predicted octanol–water partition coefficient (Wildman–Crippen LogP) is -0.640. The minimum atomic E-state index is -4.14. The third-order valence-corrected chi connectivity index (χ3v) is 3.59. The van der Waals surface area contributed by atoms with Crippen molar-refractivity contribution in [1.29, 1.82) is 0 Å². The fourth-order valence-corrected chi connectivity index (χ4v) is 2.54. The summed E-state index contributed by atoms with van der Waals surface area (Å²) in [5.41, 5.74) is 0. The molecule has 1 N–H and O–H groups in total. The van der Waals surface area contributed by atoms with Gasteiger partial charge >= 0.3 is 16.3 Å². The van der Waals surface area contributed by atoms with Crippen molar-refractivity contribution in [3.05, 3.63) is 0 Å². The van der Waals surface area contributed by atoms with Crippen LogP contribution in [0.2, 0.25) is 0 Å². The van der Waals surface area contributed by atoms with Crippen molar-refractivity contribution in [1.82, 2.24) is 9.03 Å². The summed E-state index contributed by atoms with van der Waals surface area (Å²) in [6.45, 7) is 3.21. The Labute approximate surface area is 110 Å². The van der Waals surface area contributed by atoms with Gasteiger partial charge in [-0.3, -0.25) is 0 Å². The van der Waals surface area contributed by atoms with Gasteiger partial charge in [0, 0.05) is 6.54 Å². The van der Waals surface area contributed by atoms with Gasteiger partial charge in [0.2, 0.25) is 6.08 Å². The largest absolute Gasteiger partial charge is 0.446 e. The molecule has 1 heterocycles. The lowest BCUT2D eigenvalue weighted by molar-refractivity contribution is 0.0351. The minimum Gasteiger partial charge on any atom is -0.446 e. The molecule has 1 rings (SSSR count). The van der Waals surface area contributed by atoms with Crippen LogP contribution in [0.25, 0.3) is 0 Å². The van der Waals surface area contributed by atoms with Crippen LogP contribution in [0.3, 0.4) is 0 Å². The molecule has 19 heavy (non-hydrogen) atoms. The van der Waals surface area contributed by atoms with Crippen LogP contribution in [0, 0.1) is 0 Å². The molecule has 9 nitrogen and oxygen atoms in total. The van der Waals surface area contributed by atoms with Crippen LogP contribution < -0.4 is 4.72 Å². The van der Waals surface area contributed by atoms with E-state index in [0.717, 1.165) is 4.31 Å². The molecule has 108 valence electrons. The zero-order valence-electron chi connectivity index (χ0n) is 10.5. The fourth-order valence-electron chi connectivity index (χ4n) is 1.42. The summed E-state index contributed by atoms with van der Waals surface area (Å²) < 4.78 is 36.1. The van der Waals surface area contributed by atoms with E-state index in [2.05, 4.69) is 9.73 Å². The van der Waals surface area contributed by atoms with Crippen molar-refractivity contribution in [2.75, 3.05) is 19.8 Å². The molecular formula is C9H15N3O6S. The summed E-state index contributed by atoms with van der Waals surface area (Å²) in [5, 5.41) is 0. The summed E-state index contributed by atoms with van der Waals surface area (Å²) in [4.78, 5) is 24.9. The van der Waals surface area contributed by atoms with E-state index in [1.165, 1.54) is 6.08 Å². The Morgan fingerprint density at radius 2 is 2.26 bits per heavy atom. The number of aliphatic imine (C=N–C) groups is 1. The minimum absolute atomic E-state index is 0.0276. The maximum atomic E-state index is 11.9. The molecule has 0 spiro atoms. The molecule has 1 fully saturated rings. The topological polar surface area (TPSA) is 114 Å². The van der Waals surface area contributed by atoms with Crippen molar-refractivity contribution in [2.45, 2.75) is 26.1 Å².